The third kappa shape index (κ3) is 4.44. The highest BCUT2D eigenvalue weighted by molar-refractivity contribution is 9.10. The van der Waals surface area contributed by atoms with Crippen molar-refractivity contribution in [1.82, 2.24) is 15.1 Å². The Hall–Kier alpha value is -4.11. The highest BCUT2D eigenvalue weighted by atomic mass is 79.9. The zero-order valence-electron chi connectivity index (χ0n) is 17.1. The summed E-state index contributed by atoms with van der Waals surface area (Å²) in [5.74, 6) is -0.166. The molecule has 3 N–H and O–H groups in total. The average molecular weight is 505 g/mol. The number of anilines is 1. The highest BCUT2D eigenvalue weighted by Crippen LogP contribution is 2.30. The first-order valence-corrected chi connectivity index (χ1v) is 10.8. The van der Waals surface area contributed by atoms with Crippen molar-refractivity contribution in [3.8, 4) is 17.1 Å². The van der Waals surface area contributed by atoms with E-state index < -0.39 is 5.76 Å². The van der Waals surface area contributed by atoms with Gasteiger partial charge in [-0.15, -0.1) is 0 Å². The number of para-hydroxylation sites is 1. The minimum absolute atomic E-state index is 0.213. The van der Waals surface area contributed by atoms with E-state index in [1.54, 1.807) is 24.3 Å². The number of ether oxygens (including phenoxy) is 1. The van der Waals surface area contributed by atoms with Crippen LogP contribution < -0.4 is 15.8 Å². The van der Waals surface area contributed by atoms with Crippen molar-refractivity contribution in [1.29, 1.82) is 0 Å². The van der Waals surface area contributed by atoms with Gasteiger partial charge in [0, 0.05) is 15.4 Å². The molecule has 0 atom stereocenters. The number of nitrogens with zero attached hydrogens (tertiary/aromatic N) is 1. The van der Waals surface area contributed by atoms with Gasteiger partial charge in [-0.25, -0.2) is 4.79 Å². The first-order chi connectivity index (χ1) is 16.1. The number of carbonyl (C=O) groups is 1. The second-order valence-electron chi connectivity index (χ2n) is 7.27. The van der Waals surface area contributed by atoms with Crippen molar-refractivity contribution in [3.63, 3.8) is 0 Å². The number of aromatic nitrogens is 3. The molecular weight excluding hydrogens is 488 g/mol. The van der Waals surface area contributed by atoms with Crippen LogP contribution >= 0.6 is 15.9 Å². The smallest absolute Gasteiger partial charge is 0.439 e. The van der Waals surface area contributed by atoms with Gasteiger partial charge >= 0.3 is 5.76 Å². The standard InChI is InChI=1S/C24H17BrN4O4/c25-16-9-10-18(17(12-16)22-28-24(31)33-29-22)27-23(30)19-11-15-7-4-8-20(21(15)26-19)32-13-14-5-2-1-3-6-14/h1-12,26H,13H2,(H,27,30)(H,28,29,31). The van der Waals surface area contributed by atoms with Gasteiger partial charge in [-0.2, -0.15) is 0 Å². The van der Waals surface area contributed by atoms with Gasteiger partial charge in [0.1, 0.15) is 18.1 Å². The molecule has 164 valence electrons. The summed E-state index contributed by atoms with van der Waals surface area (Å²) in [6, 6.07) is 22.5. The lowest BCUT2D eigenvalue weighted by atomic mass is 10.1. The van der Waals surface area contributed by atoms with E-state index in [9.17, 15) is 9.59 Å². The van der Waals surface area contributed by atoms with Crippen LogP contribution in [-0.2, 0) is 6.61 Å². The molecule has 0 spiro atoms. The summed E-state index contributed by atoms with van der Waals surface area (Å²) >= 11 is 3.39. The van der Waals surface area contributed by atoms with Crippen LogP contribution in [0, 0.1) is 0 Å². The molecule has 0 radical (unpaired) electrons. The molecule has 0 fully saturated rings. The number of carbonyl (C=O) groups excluding carboxylic acids is 1. The Balaban J connectivity index is 1.41. The minimum Gasteiger partial charge on any atom is -0.487 e. The molecule has 0 unspecified atom stereocenters. The van der Waals surface area contributed by atoms with E-state index >= 15 is 0 Å². The maximum absolute atomic E-state index is 13.0. The molecule has 0 saturated carbocycles. The largest absolute Gasteiger partial charge is 0.487 e. The van der Waals surface area contributed by atoms with E-state index in [4.69, 9.17) is 4.74 Å². The van der Waals surface area contributed by atoms with Crippen molar-refractivity contribution < 1.29 is 14.1 Å². The fraction of sp³-hybridized carbons (Fsp3) is 0.0417. The lowest BCUT2D eigenvalue weighted by Crippen LogP contribution is -2.13. The zero-order chi connectivity index (χ0) is 22.8. The van der Waals surface area contributed by atoms with E-state index in [1.165, 1.54) is 0 Å². The molecule has 0 aliphatic carbocycles. The topological polar surface area (TPSA) is 113 Å². The van der Waals surface area contributed by atoms with E-state index in [0.717, 1.165) is 20.9 Å². The van der Waals surface area contributed by atoms with Crippen LogP contribution in [-0.4, -0.2) is 21.0 Å². The number of hydrogen-bond donors (Lipinski definition) is 3. The fourth-order valence-corrected chi connectivity index (χ4v) is 3.82. The van der Waals surface area contributed by atoms with Gasteiger partial charge in [-0.1, -0.05) is 63.6 Å². The van der Waals surface area contributed by atoms with Gasteiger partial charge in [0.25, 0.3) is 5.91 Å². The normalized spacial score (nSPS) is 10.9. The van der Waals surface area contributed by atoms with Crippen LogP contribution in [0.25, 0.3) is 22.3 Å². The van der Waals surface area contributed by atoms with Crippen LogP contribution in [0.4, 0.5) is 5.69 Å². The number of hydrogen-bond acceptors (Lipinski definition) is 5. The Bertz CT molecular complexity index is 1500. The lowest BCUT2D eigenvalue weighted by Gasteiger charge is -2.09. The summed E-state index contributed by atoms with van der Waals surface area (Å²) in [4.78, 5) is 30.1. The lowest BCUT2D eigenvalue weighted by molar-refractivity contribution is 0.102. The third-order valence-corrected chi connectivity index (χ3v) is 5.52. The monoisotopic (exact) mass is 504 g/mol. The van der Waals surface area contributed by atoms with Crippen LogP contribution in [0.3, 0.4) is 0 Å². The molecule has 0 aliphatic rings. The second-order valence-corrected chi connectivity index (χ2v) is 8.18. The van der Waals surface area contributed by atoms with E-state index in [-0.39, 0.29) is 11.7 Å². The molecule has 33 heavy (non-hydrogen) atoms. The number of benzene rings is 3. The molecule has 9 heteroatoms. The molecule has 5 aromatic rings. The summed E-state index contributed by atoms with van der Waals surface area (Å²) < 4.78 is 11.3. The van der Waals surface area contributed by atoms with Crippen LogP contribution in [0.2, 0.25) is 0 Å². The first-order valence-electron chi connectivity index (χ1n) is 10.0. The molecule has 2 heterocycles. The number of H-pyrrole nitrogens is 2. The molecule has 1 amide bonds. The van der Waals surface area contributed by atoms with Crippen molar-refractivity contribution in [3.05, 3.63) is 99.1 Å². The number of amides is 1. The average Bonchev–Trinajstić information content (AvgIpc) is 3.46. The quantitative estimate of drug-likeness (QED) is 0.297. The fourth-order valence-electron chi connectivity index (χ4n) is 3.46. The second kappa shape index (κ2) is 8.79. The Morgan fingerprint density at radius 2 is 1.88 bits per heavy atom. The Morgan fingerprint density at radius 1 is 1.03 bits per heavy atom. The molecule has 2 aromatic heterocycles. The van der Waals surface area contributed by atoms with Gasteiger partial charge < -0.3 is 15.0 Å². The zero-order valence-corrected chi connectivity index (χ0v) is 18.7. The molecule has 8 nitrogen and oxygen atoms in total. The van der Waals surface area contributed by atoms with Crippen molar-refractivity contribution in [2.24, 2.45) is 0 Å². The van der Waals surface area contributed by atoms with Crippen molar-refractivity contribution in [2.45, 2.75) is 6.61 Å². The Kier molecular flexibility index (Phi) is 5.54. The van der Waals surface area contributed by atoms with Gasteiger partial charge in [0.05, 0.1) is 11.2 Å². The minimum atomic E-state index is -0.680. The predicted molar refractivity (Wildman–Crippen MR) is 127 cm³/mol. The molecule has 0 saturated heterocycles. The van der Waals surface area contributed by atoms with Gasteiger partial charge in [0.15, 0.2) is 5.82 Å². The maximum atomic E-state index is 13.0. The Labute approximate surface area is 195 Å². The Morgan fingerprint density at radius 3 is 2.67 bits per heavy atom. The van der Waals surface area contributed by atoms with Crippen LogP contribution in [0.5, 0.6) is 5.75 Å². The summed E-state index contributed by atoms with van der Waals surface area (Å²) in [5.41, 5.74) is 3.12. The number of fused-ring (bicyclic) bond motifs is 1. The summed E-state index contributed by atoms with van der Waals surface area (Å²) in [5, 5.41) is 7.43. The SMILES string of the molecule is O=C(Nc1ccc(Br)cc1-c1noc(=O)[nH]1)c1cc2cccc(OCc3ccccc3)c2[nH]1. The summed E-state index contributed by atoms with van der Waals surface area (Å²) in [7, 11) is 0. The van der Waals surface area contributed by atoms with Crippen LogP contribution in [0.15, 0.2) is 86.6 Å². The molecule has 0 aliphatic heterocycles. The van der Waals surface area contributed by atoms with E-state index in [0.29, 0.717) is 29.3 Å². The summed E-state index contributed by atoms with van der Waals surface area (Å²) in [6.07, 6.45) is 0. The van der Waals surface area contributed by atoms with Gasteiger partial charge in [0.2, 0.25) is 0 Å². The number of rotatable bonds is 6. The number of nitrogens with one attached hydrogen (secondary N) is 3. The molecule has 3 aromatic carbocycles. The number of halogens is 1. The summed E-state index contributed by atoms with van der Waals surface area (Å²) in [6.45, 7) is 0.415. The van der Waals surface area contributed by atoms with E-state index in [2.05, 4.69) is 40.9 Å². The van der Waals surface area contributed by atoms with Crippen LogP contribution in [0.1, 0.15) is 16.1 Å². The first kappa shape index (κ1) is 20.8. The van der Waals surface area contributed by atoms with Crippen molar-refractivity contribution >= 4 is 38.4 Å². The highest BCUT2D eigenvalue weighted by Gasteiger charge is 2.17. The molecular formula is C24H17BrN4O4. The van der Waals surface area contributed by atoms with Crippen molar-refractivity contribution in [2.75, 3.05) is 5.32 Å². The molecule has 0 bridgehead atoms. The van der Waals surface area contributed by atoms with E-state index in [1.807, 2.05) is 48.5 Å². The molecule has 5 rings (SSSR count). The third-order valence-electron chi connectivity index (χ3n) is 5.02. The predicted octanol–water partition coefficient (Wildman–Crippen LogP) is 5.11. The van der Waals surface area contributed by atoms with Gasteiger partial charge in [-0.05, 0) is 35.9 Å². The maximum Gasteiger partial charge on any atom is 0.439 e. The van der Waals surface area contributed by atoms with Gasteiger partial charge in [-0.3, -0.25) is 14.3 Å². The number of aromatic amines is 2.